The van der Waals surface area contributed by atoms with Gasteiger partial charge in [0.2, 0.25) is 0 Å². The fraction of sp³-hybridized carbons (Fsp3) is 0.964. The van der Waals surface area contributed by atoms with Gasteiger partial charge in [-0.15, -0.1) is 0 Å². The van der Waals surface area contributed by atoms with Crippen molar-refractivity contribution in [3.05, 3.63) is 0 Å². The summed E-state index contributed by atoms with van der Waals surface area (Å²) in [5, 5.41) is 12.1. The fourth-order valence-corrected chi connectivity index (χ4v) is 14.6. The first-order chi connectivity index (χ1) is 50.7. The number of phosphoric acid groups is 2. The van der Waals surface area contributed by atoms with E-state index < -0.39 is 33.8 Å². The van der Waals surface area contributed by atoms with Crippen LogP contribution in [-0.4, -0.2) is 131 Å². The van der Waals surface area contributed by atoms with Crippen molar-refractivity contribution < 1.29 is 132 Å². The molecule has 0 spiro atoms. The van der Waals surface area contributed by atoms with Gasteiger partial charge in [0.15, 0.2) is 0 Å². The molecule has 19 nitrogen and oxygen atoms in total. The zero-order valence-corrected chi connectivity index (χ0v) is 76.2. The molecule has 0 saturated carbocycles. The molecule has 0 saturated heterocycles. The van der Waals surface area contributed by atoms with Gasteiger partial charge in [-0.3, -0.25) is 27.7 Å². The minimum Gasteiger partial charge on any atom is -1.00 e. The van der Waals surface area contributed by atoms with Crippen LogP contribution < -0.4 is 80.4 Å². The molecule has 0 heterocycles. The Hall–Kier alpha value is 0.270. The number of carbonyl (C=O) groups is 3. The summed E-state index contributed by atoms with van der Waals surface area (Å²) >= 11 is 0. The zero-order valence-electron chi connectivity index (χ0n) is 72.4. The molecule has 0 aromatic heterocycles. The molecule has 6 atom stereocenters. The molecule has 106 heavy (non-hydrogen) atoms. The Kier molecular flexibility index (Phi) is 89.7. The van der Waals surface area contributed by atoms with Crippen LogP contribution in [0.1, 0.15) is 417 Å². The fourth-order valence-electron chi connectivity index (χ4n) is 13.0. The number of ether oxygens (including phenoxy) is 4. The van der Waals surface area contributed by atoms with Gasteiger partial charge < -0.3 is 52.9 Å². The van der Waals surface area contributed by atoms with E-state index in [1.807, 2.05) is 0 Å². The van der Waals surface area contributed by atoms with Gasteiger partial charge in [-0.25, -0.2) is 13.9 Å². The topological polar surface area (TPSA) is 248 Å². The van der Waals surface area contributed by atoms with E-state index in [1.54, 1.807) is 0 Å². The molecule has 2 unspecified atom stereocenters. The van der Waals surface area contributed by atoms with E-state index in [0.717, 1.165) is 141 Å². The van der Waals surface area contributed by atoms with Crippen LogP contribution in [0.3, 0.4) is 0 Å². The molecule has 0 rings (SSSR count). The number of unbranched alkanes of at least 4 members (excludes halogenated alkanes) is 46. The van der Waals surface area contributed by atoms with Crippen molar-refractivity contribution in [1.82, 2.24) is 21.3 Å². The summed E-state index contributed by atoms with van der Waals surface area (Å²) in [5.41, 5.74) is 0. The third-order valence-corrected chi connectivity index (χ3v) is 21.7. The van der Waals surface area contributed by atoms with Crippen LogP contribution in [0, 0.1) is 0 Å². The Bertz CT molecular complexity index is 1830. The summed E-state index contributed by atoms with van der Waals surface area (Å²) in [5.74, 6) is -0.280. The number of nitrogens with one attached hydrogen (secondary N) is 4. The third kappa shape index (κ3) is 82.3. The largest absolute Gasteiger partial charge is 1.00 e. The van der Waals surface area contributed by atoms with Crippen LogP contribution in [-0.2, 0) is 55.8 Å². The molecule has 0 aliphatic heterocycles. The first kappa shape index (κ1) is 110. The van der Waals surface area contributed by atoms with E-state index in [2.05, 4.69) is 62.8 Å². The third-order valence-electron chi connectivity index (χ3n) is 19.7. The molecule has 6 N–H and O–H groups in total. The van der Waals surface area contributed by atoms with Crippen LogP contribution in [0.15, 0.2) is 0 Å². The summed E-state index contributed by atoms with van der Waals surface area (Å²) in [6.45, 7) is 14.7. The van der Waals surface area contributed by atoms with Crippen LogP contribution in [0.25, 0.3) is 0 Å². The van der Waals surface area contributed by atoms with Gasteiger partial charge in [-0.05, 0) is 64.5 Å². The number of carbonyl (C=O) groups excluding carboxylic acids is 3. The van der Waals surface area contributed by atoms with Gasteiger partial charge >= 0.3 is 92.7 Å². The van der Waals surface area contributed by atoms with E-state index in [1.165, 1.54) is 205 Å². The second-order valence-electron chi connectivity index (χ2n) is 30.0. The molecular formula is C83H170N4Na2O15P2. The van der Waals surface area contributed by atoms with Gasteiger partial charge in [0.05, 0.1) is 64.9 Å². The maximum atomic E-state index is 13.2. The first-order valence-electron chi connectivity index (χ1n) is 44.0. The summed E-state index contributed by atoms with van der Waals surface area (Å²) < 4.78 is 72.4. The molecule has 0 bridgehead atoms. The Labute approximate surface area is 699 Å². The molecule has 0 aromatic carbocycles. The number of hydrogen-bond donors (Lipinski definition) is 6. The van der Waals surface area contributed by atoms with Gasteiger partial charge in [-0.2, -0.15) is 0 Å². The zero-order chi connectivity index (χ0) is 76.0. The van der Waals surface area contributed by atoms with Crippen LogP contribution in [0.5, 0.6) is 0 Å². The van der Waals surface area contributed by atoms with Crippen molar-refractivity contribution in [1.29, 1.82) is 0 Å². The summed E-state index contributed by atoms with van der Waals surface area (Å²) in [6.07, 6.45) is 65.4. The molecule has 0 aromatic rings. The van der Waals surface area contributed by atoms with Crippen LogP contribution >= 0.6 is 15.6 Å². The number of amides is 2. The van der Waals surface area contributed by atoms with Gasteiger partial charge in [0.1, 0.15) is 12.2 Å². The molecule has 0 aliphatic carbocycles. The number of phosphoric ester groups is 2. The van der Waals surface area contributed by atoms with Crippen molar-refractivity contribution in [3.63, 3.8) is 0 Å². The number of esters is 2. The molecule has 0 fully saturated rings. The van der Waals surface area contributed by atoms with Crippen molar-refractivity contribution in [3.8, 4) is 0 Å². The molecule has 23 heteroatoms. The summed E-state index contributed by atoms with van der Waals surface area (Å²) in [7, 11) is -9.10. The number of urea groups is 1. The predicted octanol–water partition coefficient (Wildman–Crippen LogP) is 17.3. The molecule has 624 valence electrons. The molecule has 2 amide bonds. The van der Waals surface area contributed by atoms with E-state index in [0.29, 0.717) is 52.0 Å². The van der Waals surface area contributed by atoms with E-state index in [-0.39, 0.29) is 139 Å². The van der Waals surface area contributed by atoms with Gasteiger partial charge in [0, 0.05) is 38.8 Å². The molecule has 0 aliphatic rings. The average molecular weight is 1570 g/mol. The average Bonchev–Trinajstić information content (AvgIpc) is 0.914. The van der Waals surface area contributed by atoms with Crippen molar-refractivity contribution >= 4 is 33.6 Å². The normalized spacial score (nSPS) is 13.8. The van der Waals surface area contributed by atoms with Crippen LogP contribution in [0.4, 0.5) is 4.79 Å². The minimum atomic E-state index is -4.55. The minimum absolute atomic E-state index is 0. The maximum Gasteiger partial charge on any atom is 1.00 e. The van der Waals surface area contributed by atoms with Crippen molar-refractivity contribution in [2.75, 3.05) is 79.0 Å². The Morgan fingerprint density at radius 1 is 0.302 bits per heavy atom. The SMILES string of the molecule is CCCCCCCCCCCCCCN[C@@H](COCC[C@@H](CCCCCCC)OC(=O)CCCCCCCCCCC)COP(=O)(O)OCCNC(=O)NCCOP(=O)(O)OC[C@H](COCC[C@@H](CCCCCCC)OC(=O)CCCCCCCCCCC)NCCCCCCCCCCCCCC.[H-].[H-].[Na+].[Na+]. The standard InChI is InChI=1S/C83H168N4O15P2.2Na.2H/c1-7-13-19-25-29-33-35-37-41-45-51-57-65-84-77(73-95-69-63-79(59-53-47-23-17-11-5)101-81(88)61-55-49-43-39-31-27-21-15-9-3)75-99-103(91,92)97-71-67-86-83(90)87-68-72-98-104(93,94)100-76-78(85-66-58-52-46-42-38-36-34-30-26-20-14-8-2)74-96-70-64-80(60-54-48-24-18-12-6)102-82(89)62-56-50-44-40-32-28-22-16-10-4;;;;/h77-80,84-85H,7-76H2,1-6H3,(H,91,92)(H,93,94)(H2,86,87,90);;;;/q;2*+1;2*-1/t77-,78-,79+,80+;;;;/m0..../s1. The quantitative estimate of drug-likeness (QED) is 0.0143. The molecular weight excluding hydrogens is 1400 g/mol. The van der Waals surface area contributed by atoms with Crippen molar-refractivity contribution in [2.45, 2.75) is 438 Å². The maximum absolute atomic E-state index is 13.2. The van der Waals surface area contributed by atoms with Gasteiger partial charge in [0.25, 0.3) is 0 Å². The monoisotopic (exact) mass is 1570 g/mol. The smallest absolute Gasteiger partial charge is 1.00 e. The van der Waals surface area contributed by atoms with E-state index in [4.69, 9.17) is 37.0 Å². The Morgan fingerprint density at radius 2 is 0.547 bits per heavy atom. The first-order valence-corrected chi connectivity index (χ1v) is 47.0. The van der Waals surface area contributed by atoms with Crippen LogP contribution in [0.2, 0.25) is 0 Å². The Morgan fingerprint density at radius 3 is 0.821 bits per heavy atom. The summed E-state index contributed by atoms with van der Waals surface area (Å²) in [4.78, 5) is 60.3. The Balaban J connectivity index is -0.00000884. The van der Waals surface area contributed by atoms with Crippen molar-refractivity contribution in [2.24, 2.45) is 0 Å². The second kappa shape index (κ2) is 86.1. The summed E-state index contributed by atoms with van der Waals surface area (Å²) in [6, 6.07) is -1.47. The number of rotatable bonds is 86. The predicted molar refractivity (Wildman–Crippen MR) is 434 cm³/mol. The van der Waals surface area contributed by atoms with E-state index >= 15 is 0 Å². The number of hydrogen-bond acceptors (Lipinski definition) is 15. The second-order valence-corrected chi connectivity index (χ2v) is 32.9. The molecule has 0 radical (unpaired) electrons. The van der Waals surface area contributed by atoms with Gasteiger partial charge in [-0.1, -0.05) is 337 Å². The van der Waals surface area contributed by atoms with E-state index in [9.17, 15) is 33.3 Å².